The summed E-state index contributed by atoms with van der Waals surface area (Å²) in [7, 11) is 0. The van der Waals surface area contributed by atoms with Gasteiger partial charge < -0.3 is 4.52 Å². The van der Waals surface area contributed by atoms with Gasteiger partial charge in [-0.05, 0) is 19.1 Å². The first-order chi connectivity index (χ1) is 9.66. The summed E-state index contributed by atoms with van der Waals surface area (Å²) in [6, 6.07) is 9.01. The molecule has 0 fully saturated rings. The molecule has 1 aromatic carbocycles. The minimum atomic E-state index is -0.461. The molecule has 7 nitrogen and oxygen atoms in total. The topological polar surface area (TPSA) is 104 Å². The van der Waals surface area contributed by atoms with Crippen molar-refractivity contribution in [1.29, 1.82) is 0 Å². The summed E-state index contributed by atoms with van der Waals surface area (Å²) in [5, 5.41) is 10.4. The van der Waals surface area contributed by atoms with E-state index in [0.717, 1.165) is 0 Å². The normalized spacial score (nSPS) is 11.4. The van der Waals surface area contributed by atoms with Crippen molar-refractivity contribution in [3.63, 3.8) is 0 Å². The Morgan fingerprint density at radius 3 is 2.55 bits per heavy atom. The van der Waals surface area contributed by atoms with Crippen LogP contribution in [0.4, 0.5) is 11.4 Å². The summed E-state index contributed by atoms with van der Waals surface area (Å²) in [6.45, 7) is 1.63. The highest BCUT2D eigenvalue weighted by atomic mass is 16.5. The number of nitrogens with zero attached hydrogens (tertiary/aromatic N) is 2. The number of nitrogens with one attached hydrogen (secondary N) is 2. The van der Waals surface area contributed by atoms with Crippen molar-refractivity contribution in [2.45, 2.75) is 6.92 Å². The number of azo groups is 1. The maximum atomic E-state index is 11.9. The van der Waals surface area contributed by atoms with Crippen molar-refractivity contribution in [1.82, 2.24) is 10.1 Å². The third-order valence-electron chi connectivity index (χ3n) is 2.89. The monoisotopic (exact) mass is 270 g/mol. The second-order valence-electron chi connectivity index (χ2n) is 4.20. The zero-order chi connectivity index (χ0) is 14.1. The number of aromatic amines is 2. The van der Waals surface area contributed by atoms with Crippen LogP contribution in [0.5, 0.6) is 0 Å². The number of aromatic nitrogens is 2. The summed E-state index contributed by atoms with van der Waals surface area (Å²) >= 11 is 0. The number of fused-ring (bicyclic) bond motifs is 1. The molecule has 0 unspecified atom stereocenters. The molecule has 0 atom stereocenters. The smallest absolute Gasteiger partial charge is 0.289 e. The van der Waals surface area contributed by atoms with Crippen molar-refractivity contribution in [3.8, 4) is 0 Å². The fraction of sp³-hybridized carbons (Fsp3) is 0.0769. The molecule has 100 valence electrons. The van der Waals surface area contributed by atoms with Crippen molar-refractivity contribution < 1.29 is 4.52 Å². The van der Waals surface area contributed by atoms with Gasteiger partial charge in [0.2, 0.25) is 5.71 Å². The highest BCUT2D eigenvalue weighted by Crippen LogP contribution is 2.21. The molecule has 2 N–H and O–H groups in total. The molecule has 2 aromatic heterocycles. The third kappa shape index (κ3) is 1.95. The van der Waals surface area contributed by atoms with Crippen LogP contribution in [0.15, 0.2) is 54.7 Å². The minimum Gasteiger partial charge on any atom is -0.360 e. The van der Waals surface area contributed by atoms with E-state index >= 15 is 0 Å². The molecule has 3 rings (SSSR count). The van der Waals surface area contributed by atoms with Crippen molar-refractivity contribution in [2.75, 3.05) is 0 Å². The van der Waals surface area contributed by atoms with Crippen LogP contribution in [0, 0.1) is 6.92 Å². The molecule has 0 bridgehead atoms. The van der Waals surface area contributed by atoms with E-state index in [1.54, 1.807) is 19.1 Å². The third-order valence-corrected chi connectivity index (χ3v) is 2.89. The Morgan fingerprint density at radius 2 is 1.80 bits per heavy atom. The fourth-order valence-corrected chi connectivity index (χ4v) is 1.90. The summed E-state index contributed by atoms with van der Waals surface area (Å²) < 4.78 is 4.86. The van der Waals surface area contributed by atoms with Crippen LogP contribution < -0.4 is 11.1 Å². The summed E-state index contributed by atoms with van der Waals surface area (Å²) in [5.41, 5.74) is 0.373. The zero-order valence-corrected chi connectivity index (χ0v) is 10.5. The van der Waals surface area contributed by atoms with E-state index < -0.39 is 11.1 Å². The highest BCUT2D eigenvalue weighted by molar-refractivity contribution is 5.80. The first-order valence-corrected chi connectivity index (χ1v) is 5.87. The van der Waals surface area contributed by atoms with E-state index in [-0.39, 0.29) is 16.8 Å². The number of aryl methyl sites for hydroxylation is 1. The Bertz CT molecular complexity index is 903. The molecule has 0 spiro atoms. The quantitative estimate of drug-likeness (QED) is 0.699. The van der Waals surface area contributed by atoms with Gasteiger partial charge in [0.1, 0.15) is 5.39 Å². The molecule has 0 aliphatic heterocycles. The first kappa shape index (κ1) is 12.1. The lowest BCUT2D eigenvalue weighted by atomic mass is 10.2. The Balaban J connectivity index is 2.17. The second kappa shape index (κ2) is 4.61. The molecular weight excluding hydrogens is 260 g/mol. The van der Waals surface area contributed by atoms with E-state index in [9.17, 15) is 9.59 Å². The Morgan fingerprint density at radius 1 is 1.05 bits per heavy atom. The lowest BCUT2D eigenvalue weighted by molar-refractivity contribution is 0.441. The van der Waals surface area contributed by atoms with Gasteiger partial charge in [-0.2, -0.15) is 10.3 Å². The van der Waals surface area contributed by atoms with Gasteiger partial charge >= 0.3 is 0 Å². The summed E-state index contributed by atoms with van der Waals surface area (Å²) in [6.07, 6.45) is 0. The van der Waals surface area contributed by atoms with Gasteiger partial charge in [-0.15, -0.1) is 5.11 Å². The molecule has 0 saturated heterocycles. The predicted molar refractivity (Wildman–Crippen MR) is 72.8 cm³/mol. The summed E-state index contributed by atoms with van der Waals surface area (Å²) in [4.78, 5) is 25.9. The van der Waals surface area contributed by atoms with E-state index in [0.29, 0.717) is 11.3 Å². The zero-order valence-electron chi connectivity index (χ0n) is 10.5. The fourth-order valence-electron chi connectivity index (χ4n) is 1.90. The predicted octanol–water partition coefficient (Wildman–Crippen LogP) is 2.53. The first-order valence-electron chi connectivity index (χ1n) is 5.87. The standard InChI is InChI=1S/C13H10N4O3/c1-7-9-11(18)17-20-13(9)14-12(19)10(7)16-15-8-5-3-2-4-6-8/h2-6H,1H3,(H,14,19)(H,17,18). The Hall–Kier alpha value is -2.96. The van der Waals surface area contributed by atoms with Crippen molar-refractivity contribution >= 4 is 22.5 Å². The maximum Gasteiger partial charge on any atom is 0.289 e. The van der Waals surface area contributed by atoms with E-state index in [1.165, 1.54) is 0 Å². The van der Waals surface area contributed by atoms with Gasteiger partial charge in [0.15, 0.2) is 5.69 Å². The van der Waals surface area contributed by atoms with Gasteiger partial charge in [-0.1, -0.05) is 18.2 Å². The molecular formula is C13H10N4O3. The molecule has 0 aliphatic rings. The second-order valence-corrected chi connectivity index (χ2v) is 4.20. The van der Waals surface area contributed by atoms with Crippen LogP contribution >= 0.6 is 0 Å². The molecule has 20 heavy (non-hydrogen) atoms. The van der Waals surface area contributed by atoms with Gasteiger partial charge in [-0.3, -0.25) is 14.6 Å². The number of benzene rings is 1. The van der Waals surface area contributed by atoms with Crippen LogP contribution in [-0.2, 0) is 0 Å². The minimum absolute atomic E-state index is 0.0910. The number of H-pyrrole nitrogens is 2. The van der Waals surface area contributed by atoms with Crippen LogP contribution in [0.1, 0.15) is 5.56 Å². The molecule has 0 aliphatic carbocycles. The van der Waals surface area contributed by atoms with Gasteiger partial charge in [0, 0.05) is 5.56 Å². The molecule has 0 amide bonds. The van der Waals surface area contributed by atoms with Gasteiger partial charge in [-0.25, -0.2) is 0 Å². The van der Waals surface area contributed by atoms with Gasteiger partial charge in [0.05, 0.1) is 5.69 Å². The Kier molecular flexibility index (Phi) is 2.79. The lowest BCUT2D eigenvalue weighted by Crippen LogP contribution is -2.09. The summed E-state index contributed by atoms with van der Waals surface area (Å²) in [5.74, 6) is 0. The molecule has 0 saturated carbocycles. The Labute approximate surface area is 111 Å². The number of hydrogen-bond donors (Lipinski definition) is 2. The average molecular weight is 270 g/mol. The molecule has 3 aromatic rings. The SMILES string of the molecule is Cc1c(N=Nc2ccccc2)c(=O)[nH]c2o[nH]c(=O)c12. The largest absolute Gasteiger partial charge is 0.360 e. The highest BCUT2D eigenvalue weighted by Gasteiger charge is 2.14. The van der Waals surface area contributed by atoms with Gasteiger partial charge in [0.25, 0.3) is 11.1 Å². The average Bonchev–Trinajstić information content (AvgIpc) is 2.81. The van der Waals surface area contributed by atoms with Crippen molar-refractivity contribution in [2.24, 2.45) is 10.2 Å². The van der Waals surface area contributed by atoms with Crippen LogP contribution in [0.25, 0.3) is 11.1 Å². The number of rotatable bonds is 2. The van der Waals surface area contributed by atoms with E-state index in [4.69, 9.17) is 4.52 Å². The maximum absolute atomic E-state index is 11.9. The van der Waals surface area contributed by atoms with Crippen LogP contribution in [0.2, 0.25) is 0 Å². The van der Waals surface area contributed by atoms with E-state index in [2.05, 4.69) is 20.4 Å². The number of pyridine rings is 1. The molecule has 0 radical (unpaired) electrons. The lowest BCUT2D eigenvalue weighted by Gasteiger charge is -1.97. The molecule has 2 heterocycles. The van der Waals surface area contributed by atoms with Crippen molar-refractivity contribution in [3.05, 3.63) is 56.6 Å². The number of hydrogen-bond acceptors (Lipinski definition) is 5. The molecule has 7 heteroatoms. The van der Waals surface area contributed by atoms with Crippen LogP contribution in [-0.4, -0.2) is 10.1 Å². The van der Waals surface area contributed by atoms with Crippen LogP contribution in [0.3, 0.4) is 0 Å². The van der Waals surface area contributed by atoms with E-state index in [1.807, 2.05) is 18.2 Å².